The minimum Gasteiger partial charge on any atom is -0.378 e. The largest absolute Gasteiger partial charge is 0.378 e. The maximum atomic E-state index is 12.1. The molecule has 0 atom stereocenters. The number of carbonyl (C=O) groups is 1. The third-order valence-corrected chi connectivity index (χ3v) is 2.65. The highest BCUT2D eigenvalue weighted by Crippen LogP contribution is 2.13. The number of morpholine rings is 1. The second-order valence-corrected chi connectivity index (χ2v) is 3.97. The van der Waals surface area contributed by atoms with Crippen LogP contribution < -0.4 is 0 Å². The minimum absolute atomic E-state index is 0.144. The molecule has 5 nitrogen and oxygen atoms in total. The molecule has 88 valence electrons. The van der Waals surface area contributed by atoms with Gasteiger partial charge in [-0.3, -0.25) is 4.79 Å². The Morgan fingerprint density at radius 1 is 1.47 bits per heavy atom. The Balaban J connectivity index is 2.24. The number of hydrogen-bond acceptors (Lipinski definition) is 4. The van der Waals surface area contributed by atoms with E-state index in [1.807, 2.05) is 6.07 Å². The van der Waals surface area contributed by atoms with Gasteiger partial charge in [-0.05, 0) is 12.1 Å². The number of amides is 1. The monoisotopic (exact) mass is 251 g/mol. The zero-order valence-electron chi connectivity index (χ0n) is 9.02. The lowest BCUT2D eigenvalue weighted by Crippen LogP contribution is -2.40. The van der Waals surface area contributed by atoms with Gasteiger partial charge in [0.1, 0.15) is 16.9 Å². The van der Waals surface area contributed by atoms with Crippen molar-refractivity contribution in [2.45, 2.75) is 0 Å². The van der Waals surface area contributed by atoms with Crippen LogP contribution in [0.2, 0.25) is 5.15 Å². The SMILES string of the molecule is N#Cc1cc(C(=O)N2CCOCC2)cc(Cl)n1. The van der Waals surface area contributed by atoms with Gasteiger partial charge in [-0.15, -0.1) is 0 Å². The molecule has 6 heteroatoms. The first-order valence-electron chi connectivity index (χ1n) is 5.15. The number of aromatic nitrogens is 1. The molecule has 0 aromatic carbocycles. The summed E-state index contributed by atoms with van der Waals surface area (Å²) in [6.45, 7) is 2.19. The summed E-state index contributed by atoms with van der Waals surface area (Å²) < 4.78 is 5.17. The molecular weight excluding hydrogens is 242 g/mol. The highest BCUT2D eigenvalue weighted by molar-refractivity contribution is 6.29. The number of nitriles is 1. The normalized spacial score (nSPS) is 15.4. The second kappa shape index (κ2) is 5.13. The number of rotatable bonds is 1. The number of hydrogen-bond donors (Lipinski definition) is 0. The molecule has 2 heterocycles. The van der Waals surface area contributed by atoms with E-state index in [9.17, 15) is 4.79 Å². The molecule has 1 saturated heterocycles. The summed E-state index contributed by atoms with van der Waals surface area (Å²) in [4.78, 5) is 17.6. The van der Waals surface area contributed by atoms with E-state index in [2.05, 4.69) is 4.98 Å². The van der Waals surface area contributed by atoms with Crippen molar-refractivity contribution in [2.24, 2.45) is 0 Å². The summed E-state index contributed by atoms with van der Waals surface area (Å²) in [7, 11) is 0. The van der Waals surface area contributed by atoms with Crippen LogP contribution in [-0.4, -0.2) is 42.1 Å². The molecule has 1 aliphatic rings. The lowest BCUT2D eigenvalue weighted by Gasteiger charge is -2.26. The van der Waals surface area contributed by atoms with Crippen molar-refractivity contribution in [2.75, 3.05) is 26.3 Å². The fourth-order valence-corrected chi connectivity index (χ4v) is 1.84. The Labute approximate surface area is 104 Å². The smallest absolute Gasteiger partial charge is 0.254 e. The van der Waals surface area contributed by atoms with Crippen LogP contribution in [0.15, 0.2) is 12.1 Å². The highest BCUT2D eigenvalue weighted by Gasteiger charge is 2.19. The average molecular weight is 252 g/mol. The quantitative estimate of drug-likeness (QED) is 0.701. The van der Waals surface area contributed by atoms with Crippen LogP contribution in [0.1, 0.15) is 16.1 Å². The first-order valence-corrected chi connectivity index (χ1v) is 5.53. The van der Waals surface area contributed by atoms with Gasteiger partial charge in [-0.25, -0.2) is 4.98 Å². The molecule has 0 spiro atoms. The molecule has 0 radical (unpaired) electrons. The third-order valence-electron chi connectivity index (χ3n) is 2.45. The van der Waals surface area contributed by atoms with Crippen LogP contribution in [0, 0.1) is 11.3 Å². The van der Waals surface area contributed by atoms with Crippen molar-refractivity contribution in [3.05, 3.63) is 28.5 Å². The zero-order chi connectivity index (χ0) is 12.3. The van der Waals surface area contributed by atoms with Crippen LogP contribution >= 0.6 is 11.6 Å². The number of halogens is 1. The van der Waals surface area contributed by atoms with E-state index in [0.29, 0.717) is 31.9 Å². The lowest BCUT2D eigenvalue weighted by molar-refractivity contribution is 0.0303. The van der Waals surface area contributed by atoms with Crippen LogP contribution in [0.5, 0.6) is 0 Å². The Morgan fingerprint density at radius 3 is 2.82 bits per heavy atom. The summed E-state index contributed by atoms with van der Waals surface area (Å²) >= 11 is 5.75. The molecule has 2 rings (SSSR count). The predicted molar refractivity (Wildman–Crippen MR) is 60.7 cm³/mol. The van der Waals surface area contributed by atoms with Gasteiger partial charge in [0, 0.05) is 18.7 Å². The Kier molecular flexibility index (Phi) is 3.57. The maximum absolute atomic E-state index is 12.1. The fraction of sp³-hybridized carbons (Fsp3) is 0.364. The lowest BCUT2D eigenvalue weighted by atomic mass is 10.2. The summed E-state index contributed by atoms with van der Waals surface area (Å²) in [5.74, 6) is -0.144. The third kappa shape index (κ3) is 2.73. The molecule has 17 heavy (non-hydrogen) atoms. The van der Waals surface area contributed by atoms with Crippen molar-refractivity contribution in [3.8, 4) is 6.07 Å². The van der Waals surface area contributed by atoms with Gasteiger partial charge in [0.15, 0.2) is 0 Å². The maximum Gasteiger partial charge on any atom is 0.254 e. The highest BCUT2D eigenvalue weighted by atomic mass is 35.5. The van der Waals surface area contributed by atoms with Gasteiger partial charge < -0.3 is 9.64 Å². The van der Waals surface area contributed by atoms with Crippen molar-refractivity contribution in [3.63, 3.8) is 0 Å². The molecule has 0 unspecified atom stereocenters. The molecule has 1 aromatic rings. The molecule has 0 aliphatic carbocycles. The van der Waals surface area contributed by atoms with Crippen LogP contribution in [0.25, 0.3) is 0 Å². The summed E-state index contributed by atoms with van der Waals surface area (Å²) in [5, 5.41) is 8.92. The molecule has 0 saturated carbocycles. The molecule has 1 aliphatic heterocycles. The molecule has 1 amide bonds. The Hall–Kier alpha value is -1.64. The van der Waals surface area contributed by atoms with E-state index in [4.69, 9.17) is 21.6 Å². The Bertz CT molecular complexity index is 478. The van der Waals surface area contributed by atoms with E-state index in [1.54, 1.807) is 4.90 Å². The summed E-state index contributed by atoms with van der Waals surface area (Å²) in [6.07, 6.45) is 0. The number of ether oxygens (including phenoxy) is 1. The minimum atomic E-state index is -0.144. The topological polar surface area (TPSA) is 66.2 Å². The van der Waals surface area contributed by atoms with Crippen LogP contribution in [-0.2, 0) is 4.74 Å². The molecule has 1 aromatic heterocycles. The summed E-state index contributed by atoms with van der Waals surface area (Å²) in [5.41, 5.74) is 0.539. The van der Waals surface area contributed by atoms with Gasteiger partial charge in [0.25, 0.3) is 5.91 Å². The molecular formula is C11H10ClN3O2. The van der Waals surface area contributed by atoms with E-state index in [-0.39, 0.29) is 16.8 Å². The van der Waals surface area contributed by atoms with Gasteiger partial charge in [-0.2, -0.15) is 5.26 Å². The van der Waals surface area contributed by atoms with Gasteiger partial charge in [0.2, 0.25) is 0 Å². The van der Waals surface area contributed by atoms with Crippen molar-refractivity contribution < 1.29 is 9.53 Å². The van der Waals surface area contributed by atoms with E-state index in [1.165, 1.54) is 12.1 Å². The number of nitrogens with zero attached hydrogens (tertiary/aromatic N) is 3. The van der Waals surface area contributed by atoms with Crippen molar-refractivity contribution in [1.29, 1.82) is 5.26 Å². The summed E-state index contributed by atoms with van der Waals surface area (Å²) in [6, 6.07) is 4.80. The van der Waals surface area contributed by atoms with Crippen LogP contribution in [0.3, 0.4) is 0 Å². The van der Waals surface area contributed by atoms with Crippen molar-refractivity contribution in [1.82, 2.24) is 9.88 Å². The second-order valence-electron chi connectivity index (χ2n) is 3.58. The fourth-order valence-electron chi connectivity index (χ4n) is 1.63. The zero-order valence-corrected chi connectivity index (χ0v) is 9.78. The average Bonchev–Trinajstić information content (AvgIpc) is 2.38. The van der Waals surface area contributed by atoms with Crippen LogP contribution in [0.4, 0.5) is 0 Å². The van der Waals surface area contributed by atoms with Gasteiger partial charge >= 0.3 is 0 Å². The number of pyridine rings is 1. The van der Waals surface area contributed by atoms with Gasteiger partial charge in [0.05, 0.1) is 13.2 Å². The first kappa shape index (κ1) is 11.8. The van der Waals surface area contributed by atoms with Crippen molar-refractivity contribution >= 4 is 17.5 Å². The standard InChI is InChI=1S/C11H10ClN3O2/c12-10-6-8(5-9(7-13)14-10)11(16)15-1-3-17-4-2-15/h5-6H,1-4H2. The first-order chi connectivity index (χ1) is 8.20. The van der Waals surface area contributed by atoms with E-state index >= 15 is 0 Å². The van der Waals surface area contributed by atoms with E-state index < -0.39 is 0 Å². The Morgan fingerprint density at radius 2 is 2.18 bits per heavy atom. The molecule has 0 bridgehead atoms. The number of carbonyl (C=O) groups excluding carboxylic acids is 1. The van der Waals surface area contributed by atoms with Gasteiger partial charge in [-0.1, -0.05) is 11.6 Å². The molecule has 0 N–H and O–H groups in total. The van der Waals surface area contributed by atoms with E-state index in [0.717, 1.165) is 0 Å². The predicted octanol–water partition coefficient (Wildman–Crippen LogP) is 1.08. The molecule has 1 fully saturated rings.